The molecule has 2 amide bonds. The quantitative estimate of drug-likeness (QED) is 0.147. The number of carboxylic acid groups (broad SMARTS) is 1. The van der Waals surface area contributed by atoms with Crippen LogP contribution in [0.1, 0.15) is 40.0 Å². The second-order valence-electron chi connectivity index (χ2n) is 5.99. The lowest BCUT2D eigenvalue weighted by molar-refractivity contribution is -0.141. The molecular formula is C15H30N6O4. The second kappa shape index (κ2) is 11.2. The minimum absolute atomic E-state index is 0.0525. The lowest BCUT2D eigenvalue weighted by Crippen LogP contribution is -2.55. The number of aliphatic imine (C=N–C) groups is 1. The van der Waals surface area contributed by atoms with Crippen molar-refractivity contribution in [2.75, 3.05) is 6.54 Å². The Morgan fingerprint density at radius 3 is 2.20 bits per heavy atom. The molecule has 0 bridgehead atoms. The first-order chi connectivity index (χ1) is 11.6. The summed E-state index contributed by atoms with van der Waals surface area (Å²) in [5, 5.41) is 13.8. The van der Waals surface area contributed by atoms with Crippen LogP contribution in [0.2, 0.25) is 0 Å². The summed E-state index contributed by atoms with van der Waals surface area (Å²) in [5.41, 5.74) is 16.3. The predicted molar refractivity (Wildman–Crippen MR) is 94.5 cm³/mol. The van der Waals surface area contributed by atoms with E-state index in [0.29, 0.717) is 12.8 Å². The molecule has 0 aromatic carbocycles. The van der Waals surface area contributed by atoms with Gasteiger partial charge < -0.3 is 32.9 Å². The summed E-state index contributed by atoms with van der Waals surface area (Å²) in [5.74, 6) is -2.34. The van der Waals surface area contributed by atoms with Crippen LogP contribution in [0.5, 0.6) is 0 Å². The number of amides is 2. The summed E-state index contributed by atoms with van der Waals surface area (Å²) in [7, 11) is 0. The van der Waals surface area contributed by atoms with E-state index < -0.39 is 35.9 Å². The van der Waals surface area contributed by atoms with Gasteiger partial charge in [0, 0.05) is 6.54 Å². The molecule has 0 rings (SSSR count). The molecule has 0 aliphatic heterocycles. The number of hydrogen-bond donors (Lipinski definition) is 6. The normalized spacial score (nSPS) is 15.4. The van der Waals surface area contributed by atoms with E-state index in [4.69, 9.17) is 22.3 Å². The smallest absolute Gasteiger partial charge is 0.325 e. The number of guanidine groups is 1. The maximum absolute atomic E-state index is 12.3. The molecule has 10 nitrogen and oxygen atoms in total. The largest absolute Gasteiger partial charge is 0.480 e. The fourth-order valence-corrected chi connectivity index (χ4v) is 1.93. The van der Waals surface area contributed by atoms with Crippen molar-refractivity contribution in [1.82, 2.24) is 10.6 Å². The highest BCUT2D eigenvalue weighted by molar-refractivity contribution is 5.91. The molecule has 0 aliphatic rings. The molecule has 10 heteroatoms. The molecule has 0 spiro atoms. The minimum Gasteiger partial charge on any atom is -0.480 e. The third kappa shape index (κ3) is 8.89. The van der Waals surface area contributed by atoms with Crippen LogP contribution in [-0.2, 0) is 14.4 Å². The highest BCUT2D eigenvalue weighted by Gasteiger charge is 2.27. The lowest BCUT2D eigenvalue weighted by Gasteiger charge is -2.23. The third-order valence-corrected chi connectivity index (χ3v) is 3.87. The number of nitrogens with zero attached hydrogens (tertiary/aromatic N) is 1. The van der Waals surface area contributed by atoms with Gasteiger partial charge in [-0.25, -0.2) is 0 Å². The van der Waals surface area contributed by atoms with Crippen molar-refractivity contribution < 1.29 is 19.5 Å². The molecule has 4 atom stereocenters. The van der Waals surface area contributed by atoms with Crippen molar-refractivity contribution in [1.29, 1.82) is 0 Å². The molecule has 0 aromatic heterocycles. The summed E-state index contributed by atoms with van der Waals surface area (Å²) < 4.78 is 0. The van der Waals surface area contributed by atoms with Gasteiger partial charge in [0.2, 0.25) is 11.8 Å². The maximum atomic E-state index is 12.3. The van der Waals surface area contributed by atoms with Crippen LogP contribution in [0.4, 0.5) is 0 Å². The monoisotopic (exact) mass is 358 g/mol. The first kappa shape index (κ1) is 22.6. The van der Waals surface area contributed by atoms with E-state index in [-0.39, 0.29) is 24.8 Å². The van der Waals surface area contributed by atoms with Gasteiger partial charge in [0.15, 0.2) is 5.96 Å². The average Bonchev–Trinajstić information content (AvgIpc) is 2.55. The van der Waals surface area contributed by atoms with Crippen LogP contribution in [0, 0.1) is 5.92 Å². The van der Waals surface area contributed by atoms with Gasteiger partial charge in [-0.15, -0.1) is 0 Å². The van der Waals surface area contributed by atoms with E-state index in [1.165, 1.54) is 6.92 Å². The Balaban J connectivity index is 4.92. The summed E-state index contributed by atoms with van der Waals surface area (Å²) in [6, 6.07) is -2.75. The van der Waals surface area contributed by atoms with Gasteiger partial charge in [-0.05, 0) is 25.7 Å². The van der Waals surface area contributed by atoms with Crippen molar-refractivity contribution in [2.45, 2.75) is 58.2 Å². The van der Waals surface area contributed by atoms with Gasteiger partial charge in [0.1, 0.15) is 12.1 Å². The van der Waals surface area contributed by atoms with E-state index in [1.807, 2.05) is 13.8 Å². The zero-order valence-electron chi connectivity index (χ0n) is 15.0. The topological polar surface area (TPSA) is 186 Å². The molecule has 144 valence electrons. The van der Waals surface area contributed by atoms with Crippen LogP contribution >= 0.6 is 0 Å². The Morgan fingerprint density at radius 1 is 1.12 bits per heavy atom. The van der Waals surface area contributed by atoms with Crippen LogP contribution in [0.3, 0.4) is 0 Å². The average molecular weight is 358 g/mol. The zero-order valence-corrected chi connectivity index (χ0v) is 15.0. The Labute approximate surface area is 147 Å². The van der Waals surface area contributed by atoms with Crippen molar-refractivity contribution in [3.05, 3.63) is 0 Å². The summed E-state index contributed by atoms with van der Waals surface area (Å²) >= 11 is 0. The number of nitrogens with two attached hydrogens (primary N) is 3. The molecular weight excluding hydrogens is 328 g/mol. The van der Waals surface area contributed by atoms with Gasteiger partial charge in [0.05, 0.1) is 6.04 Å². The van der Waals surface area contributed by atoms with Gasteiger partial charge in [-0.2, -0.15) is 0 Å². The molecule has 25 heavy (non-hydrogen) atoms. The molecule has 0 aliphatic carbocycles. The van der Waals surface area contributed by atoms with Gasteiger partial charge in [-0.3, -0.25) is 19.4 Å². The van der Waals surface area contributed by atoms with Crippen molar-refractivity contribution in [3.8, 4) is 0 Å². The zero-order chi connectivity index (χ0) is 19.6. The van der Waals surface area contributed by atoms with E-state index in [0.717, 1.165) is 0 Å². The van der Waals surface area contributed by atoms with Crippen molar-refractivity contribution in [2.24, 2.45) is 28.1 Å². The highest BCUT2D eigenvalue weighted by atomic mass is 16.4. The number of carbonyl (C=O) groups excluding carboxylic acids is 2. The number of carboxylic acids is 1. The molecule has 0 saturated heterocycles. The molecule has 4 unspecified atom stereocenters. The number of hydrogen-bond acceptors (Lipinski definition) is 5. The minimum atomic E-state index is -1.17. The Kier molecular flexibility index (Phi) is 10.2. The van der Waals surface area contributed by atoms with Crippen LogP contribution in [0.25, 0.3) is 0 Å². The van der Waals surface area contributed by atoms with E-state index in [9.17, 15) is 14.4 Å². The van der Waals surface area contributed by atoms with Gasteiger partial charge in [-0.1, -0.05) is 20.3 Å². The summed E-state index contributed by atoms with van der Waals surface area (Å²) in [6.45, 7) is 5.37. The molecule has 0 saturated carbocycles. The number of carbonyl (C=O) groups is 3. The molecule has 9 N–H and O–H groups in total. The first-order valence-electron chi connectivity index (χ1n) is 8.24. The second-order valence-corrected chi connectivity index (χ2v) is 5.99. The van der Waals surface area contributed by atoms with Crippen molar-refractivity contribution in [3.63, 3.8) is 0 Å². The number of aliphatic carboxylic acids is 1. The first-order valence-corrected chi connectivity index (χ1v) is 8.24. The Morgan fingerprint density at radius 2 is 1.72 bits per heavy atom. The highest BCUT2D eigenvalue weighted by Crippen LogP contribution is 2.07. The van der Waals surface area contributed by atoms with Crippen molar-refractivity contribution >= 4 is 23.7 Å². The number of rotatable bonds is 11. The summed E-state index contributed by atoms with van der Waals surface area (Å²) in [6.07, 6.45) is 1.39. The fraction of sp³-hybridized carbons (Fsp3) is 0.733. The standard InChI is InChI=1S/C15H30N6O4/c1-4-8(2)11(16)13(23)21-10(6-5-7-19-15(17)18)12(22)20-9(3)14(24)25/h8-11H,4-7,16H2,1-3H3,(H,20,22)(H,21,23)(H,24,25)(H4,17,18,19). The van der Waals surface area contributed by atoms with Gasteiger partial charge in [0.25, 0.3) is 0 Å². The third-order valence-electron chi connectivity index (χ3n) is 3.87. The SMILES string of the molecule is CCC(C)C(N)C(=O)NC(CCCN=C(N)N)C(=O)NC(C)C(=O)O. The molecule has 0 fully saturated rings. The van der Waals surface area contributed by atoms with Crippen LogP contribution in [-0.4, -0.2) is 53.5 Å². The molecule has 0 heterocycles. The molecule has 0 aromatic rings. The van der Waals surface area contributed by atoms with Crippen LogP contribution < -0.4 is 27.8 Å². The number of nitrogens with one attached hydrogen (secondary N) is 2. The van der Waals surface area contributed by atoms with E-state index in [2.05, 4.69) is 15.6 Å². The Hall–Kier alpha value is -2.36. The van der Waals surface area contributed by atoms with E-state index in [1.54, 1.807) is 0 Å². The maximum Gasteiger partial charge on any atom is 0.325 e. The molecule has 0 radical (unpaired) electrons. The van der Waals surface area contributed by atoms with Crippen LogP contribution in [0.15, 0.2) is 4.99 Å². The Bertz CT molecular complexity index is 492. The fourth-order valence-electron chi connectivity index (χ4n) is 1.93. The predicted octanol–water partition coefficient (Wildman–Crippen LogP) is -1.51. The van der Waals surface area contributed by atoms with Gasteiger partial charge >= 0.3 is 5.97 Å². The van der Waals surface area contributed by atoms with E-state index >= 15 is 0 Å². The lowest BCUT2D eigenvalue weighted by atomic mass is 9.98. The summed E-state index contributed by atoms with van der Waals surface area (Å²) in [4.78, 5) is 39.2.